The smallest absolute Gasteiger partial charge is 0.346 e. The van der Waals surface area contributed by atoms with Crippen LogP contribution in [0.4, 0.5) is 27.6 Å². The molecular weight excluding hydrogens is 465 g/mol. The number of nitrogens with zero attached hydrogens (tertiary/aromatic N) is 1. The van der Waals surface area contributed by atoms with Crippen molar-refractivity contribution >= 4 is 40.9 Å². The average molecular weight is 482 g/mol. The van der Waals surface area contributed by atoms with Crippen LogP contribution in [0.3, 0.4) is 0 Å². The number of carbonyl (C=O) groups is 2. The van der Waals surface area contributed by atoms with Crippen molar-refractivity contribution in [1.82, 2.24) is 10.3 Å². The zero-order valence-corrected chi connectivity index (χ0v) is 17.8. The molecule has 1 aromatic heterocycles. The molecule has 1 aromatic carbocycles. The van der Waals surface area contributed by atoms with E-state index in [4.69, 9.17) is 11.6 Å². The van der Waals surface area contributed by atoms with Gasteiger partial charge in [-0.15, -0.1) is 11.8 Å². The molecule has 0 fully saturated rings. The van der Waals surface area contributed by atoms with Crippen molar-refractivity contribution in [3.63, 3.8) is 0 Å². The number of hydrogen-bond acceptors (Lipinski definition) is 4. The molecule has 0 unspecified atom stereocenters. The van der Waals surface area contributed by atoms with E-state index in [1.165, 1.54) is 19.1 Å². The summed E-state index contributed by atoms with van der Waals surface area (Å²) in [6, 6.07) is 3.44. The Hall–Kier alpha value is -2.40. The molecule has 168 valence electrons. The summed E-state index contributed by atoms with van der Waals surface area (Å²) in [7, 11) is 0. The van der Waals surface area contributed by atoms with E-state index in [0.717, 1.165) is 17.8 Å². The molecule has 0 bridgehead atoms. The summed E-state index contributed by atoms with van der Waals surface area (Å²) in [4.78, 5) is 28.8. The van der Waals surface area contributed by atoms with Crippen molar-refractivity contribution in [3.05, 3.63) is 51.8 Å². The number of benzene rings is 1. The summed E-state index contributed by atoms with van der Waals surface area (Å²) in [5, 5.41) is 4.60. The van der Waals surface area contributed by atoms with Gasteiger partial charge >= 0.3 is 6.18 Å². The van der Waals surface area contributed by atoms with Crippen molar-refractivity contribution in [2.45, 2.75) is 31.3 Å². The summed E-state index contributed by atoms with van der Waals surface area (Å²) < 4.78 is 63.8. The lowest BCUT2D eigenvalue weighted by Crippen LogP contribution is -2.30. The zero-order chi connectivity index (χ0) is 23.3. The molecule has 0 atom stereocenters. The second-order valence-corrected chi connectivity index (χ2v) is 7.94. The third-order valence-corrected chi connectivity index (χ3v) is 5.02. The number of hydrogen-bond donors (Lipinski definition) is 2. The van der Waals surface area contributed by atoms with Gasteiger partial charge in [0.15, 0.2) is 0 Å². The second kappa shape index (κ2) is 10.3. The van der Waals surface area contributed by atoms with Crippen molar-refractivity contribution in [1.29, 1.82) is 0 Å². The number of amides is 2. The van der Waals surface area contributed by atoms with Gasteiger partial charge in [0.25, 0.3) is 18.2 Å². The summed E-state index contributed by atoms with van der Waals surface area (Å²) >= 11 is 6.94. The van der Waals surface area contributed by atoms with Crippen molar-refractivity contribution in [2.75, 3.05) is 17.6 Å². The van der Waals surface area contributed by atoms with Crippen molar-refractivity contribution in [2.24, 2.45) is 0 Å². The molecule has 0 saturated carbocycles. The fourth-order valence-corrected chi connectivity index (χ4v) is 3.64. The van der Waals surface area contributed by atoms with E-state index >= 15 is 0 Å². The number of aryl methyl sites for hydroxylation is 1. The van der Waals surface area contributed by atoms with Crippen LogP contribution in [-0.4, -0.2) is 35.5 Å². The molecule has 2 rings (SSSR count). The maximum atomic E-state index is 13.0. The molecule has 0 spiro atoms. The Kier molecular flexibility index (Phi) is 8.24. The Balaban J connectivity index is 2.42. The molecule has 0 saturated heterocycles. The van der Waals surface area contributed by atoms with Crippen LogP contribution < -0.4 is 10.6 Å². The van der Waals surface area contributed by atoms with Gasteiger partial charge in [0, 0.05) is 16.1 Å². The molecule has 12 heteroatoms. The minimum atomic E-state index is -4.63. The van der Waals surface area contributed by atoms with E-state index in [-0.39, 0.29) is 26.9 Å². The minimum absolute atomic E-state index is 0.00476. The number of anilines is 1. The molecule has 0 radical (unpaired) electrons. The number of nitrogens with one attached hydrogen (secondary N) is 2. The van der Waals surface area contributed by atoms with Gasteiger partial charge < -0.3 is 10.6 Å². The quantitative estimate of drug-likeness (QED) is 0.409. The number of carbonyl (C=O) groups excluding carboxylic acids is 2. The van der Waals surface area contributed by atoms with Gasteiger partial charge in [-0.25, -0.2) is 13.8 Å². The highest BCUT2D eigenvalue weighted by molar-refractivity contribution is 7.99. The molecule has 5 nitrogen and oxygen atoms in total. The molecule has 1 heterocycles. The van der Waals surface area contributed by atoms with Gasteiger partial charge in [-0.3, -0.25) is 9.59 Å². The Bertz CT molecular complexity index is 986. The SMILES string of the molecule is CCSc1cc(C(F)(F)F)cnc1C(=O)Nc1c(C)cc(Cl)cc1C(=O)NCC(F)F. The van der Waals surface area contributed by atoms with E-state index < -0.39 is 36.5 Å². The molecular formula is C19H17ClF5N3O2S. The maximum Gasteiger partial charge on any atom is 0.417 e. The summed E-state index contributed by atoms with van der Waals surface area (Å²) in [5.41, 5.74) is -1.12. The predicted octanol–water partition coefficient (Wildman–Crippen LogP) is 5.42. The number of pyridine rings is 1. The Morgan fingerprint density at radius 1 is 1.19 bits per heavy atom. The van der Waals surface area contributed by atoms with Gasteiger partial charge in [0.2, 0.25) is 0 Å². The van der Waals surface area contributed by atoms with Crippen LogP contribution in [0.15, 0.2) is 29.3 Å². The summed E-state index contributed by atoms with van der Waals surface area (Å²) in [6.45, 7) is 2.31. The highest BCUT2D eigenvalue weighted by atomic mass is 35.5. The molecule has 0 aliphatic heterocycles. The lowest BCUT2D eigenvalue weighted by molar-refractivity contribution is -0.138. The lowest BCUT2D eigenvalue weighted by atomic mass is 10.1. The van der Waals surface area contributed by atoms with E-state index in [1.54, 1.807) is 6.92 Å². The second-order valence-electron chi connectivity index (χ2n) is 6.20. The summed E-state index contributed by atoms with van der Waals surface area (Å²) in [6.07, 6.45) is -6.87. The average Bonchev–Trinajstić information content (AvgIpc) is 2.67. The third-order valence-electron chi connectivity index (χ3n) is 3.90. The van der Waals surface area contributed by atoms with Crippen LogP contribution in [0, 0.1) is 6.92 Å². The number of alkyl halides is 5. The van der Waals surface area contributed by atoms with Gasteiger partial charge in [-0.1, -0.05) is 18.5 Å². The van der Waals surface area contributed by atoms with Crippen LogP contribution in [0.5, 0.6) is 0 Å². The molecule has 0 aliphatic carbocycles. The number of halogens is 6. The van der Waals surface area contributed by atoms with Gasteiger partial charge in [0.1, 0.15) is 5.69 Å². The number of thioether (sulfide) groups is 1. The number of rotatable bonds is 7. The first-order valence-corrected chi connectivity index (χ1v) is 10.2. The summed E-state index contributed by atoms with van der Waals surface area (Å²) in [5.74, 6) is -1.38. The molecule has 2 N–H and O–H groups in total. The van der Waals surface area contributed by atoms with E-state index in [2.05, 4.69) is 10.3 Å². The van der Waals surface area contributed by atoms with E-state index in [1.807, 2.05) is 5.32 Å². The largest absolute Gasteiger partial charge is 0.417 e. The van der Waals surface area contributed by atoms with Crippen molar-refractivity contribution in [3.8, 4) is 0 Å². The highest BCUT2D eigenvalue weighted by Gasteiger charge is 2.32. The highest BCUT2D eigenvalue weighted by Crippen LogP contribution is 2.33. The fourth-order valence-electron chi connectivity index (χ4n) is 2.56. The standard InChI is InChI=1S/C19H17ClF5N3O2S/c1-3-31-13-5-10(19(23,24)25)7-26-16(13)18(30)28-15-9(2)4-11(20)6-12(15)17(29)27-8-14(21)22/h4-7,14H,3,8H2,1-2H3,(H,27,29)(H,28,30). The lowest BCUT2D eigenvalue weighted by Gasteiger charge is -2.16. The van der Waals surface area contributed by atoms with Crippen LogP contribution in [0.25, 0.3) is 0 Å². The van der Waals surface area contributed by atoms with E-state index in [0.29, 0.717) is 17.5 Å². The first kappa shape index (κ1) is 24.9. The fraction of sp³-hybridized carbons (Fsp3) is 0.316. The Labute approximate surface area is 183 Å². The Morgan fingerprint density at radius 2 is 1.87 bits per heavy atom. The van der Waals surface area contributed by atoms with Crippen molar-refractivity contribution < 1.29 is 31.5 Å². The topological polar surface area (TPSA) is 71.1 Å². The van der Waals surface area contributed by atoms with Gasteiger partial charge in [0.05, 0.1) is 23.4 Å². The Morgan fingerprint density at radius 3 is 2.45 bits per heavy atom. The van der Waals surface area contributed by atoms with E-state index in [9.17, 15) is 31.5 Å². The van der Waals surface area contributed by atoms with Crippen LogP contribution in [-0.2, 0) is 6.18 Å². The van der Waals surface area contributed by atoms with Crippen LogP contribution in [0.2, 0.25) is 5.02 Å². The molecule has 2 aromatic rings. The first-order chi connectivity index (χ1) is 14.4. The first-order valence-electron chi connectivity index (χ1n) is 8.81. The molecule has 31 heavy (non-hydrogen) atoms. The monoisotopic (exact) mass is 481 g/mol. The maximum absolute atomic E-state index is 13.0. The van der Waals surface area contributed by atoms with Crippen LogP contribution >= 0.6 is 23.4 Å². The molecule has 2 amide bonds. The third kappa shape index (κ3) is 6.54. The number of aromatic nitrogens is 1. The van der Waals surface area contributed by atoms with Gasteiger partial charge in [-0.2, -0.15) is 13.2 Å². The predicted molar refractivity (Wildman–Crippen MR) is 108 cm³/mol. The zero-order valence-electron chi connectivity index (χ0n) is 16.2. The van der Waals surface area contributed by atoms with Crippen LogP contribution in [0.1, 0.15) is 38.9 Å². The minimum Gasteiger partial charge on any atom is -0.346 e. The normalized spacial score (nSPS) is 11.5. The van der Waals surface area contributed by atoms with Gasteiger partial charge in [-0.05, 0) is 36.4 Å². The molecule has 0 aliphatic rings.